The molecule has 3 heteroatoms. The largest absolute Gasteiger partial charge is 0.358 e. The van der Waals surface area contributed by atoms with E-state index in [-0.39, 0.29) is 11.6 Å². The van der Waals surface area contributed by atoms with Crippen LogP contribution in [0.3, 0.4) is 0 Å². The van der Waals surface area contributed by atoms with Crippen molar-refractivity contribution in [3.8, 4) is 11.1 Å². The van der Waals surface area contributed by atoms with Crippen LogP contribution < -0.4 is 5.32 Å². The number of hydrogen-bond donors (Lipinski definition) is 1. The average Bonchev–Trinajstić information content (AvgIpc) is 3.42. The maximum absolute atomic E-state index is 5.23. The van der Waals surface area contributed by atoms with Crippen LogP contribution in [0.5, 0.6) is 0 Å². The van der Waals surface area contributed by atoms with Crippen LogP contribution >= 0.6 is 0 Å². The molecule has 0 saturated heterocycles. The van der Waals surface area contributed by atoms with Gasteiger partial charge in [0, 0.05) is 21.8 Å². The number of aromatic nitrogens is 1. The number of fused-ring (bicyclic) bond motifs is 8. The molecule has 1 aliphatic carbocycles. The minimum absolute atomic E-state index is 0.0397. The maximum Gasteiger partial charge on any atom is 0.148 e. The minimum Gasteiger partial charge on any atom is -0.358 e. The third kappa shape index (κ3) is 2.82. The molecule has 1 aromatic heterocycles. The fourth-order valence-corrected chi connectivity index (χ4v) is 6.68. The number of hydrogen-bond acceptors (Lipinski definition) is 2. The van der Waals surface area contributed by atoms with Crippen LogP contribution in [0.2, 0.25) is 0 Å². The van der Waals surface area contributed by atoms with Gasteiger partial charge in [0.15, 0.2) is 0 Å². The molecule has 0 amide bonds. The molecule has 6 aromatic rings. The first-order chi connectivity index (χ1) is 18.6. The van der Waals surface area contributed by atoms with E-state index in [1.165, 1.54) is 44.1 Å². The first-order valence-electron chi connectivity index (χ1n) is 13.3. The standard InChI is InChI=1S/C35H27N3/c1-35(2)25-16-8-6-14-23(25)31-26(35)20-21-30-32(31)24-15-7-11-19-29(24)38(30)34-33(22-12-4-3-5-13-22)36-27-17-9-10-18-28(27)37-34/h3-21,34,37H,1-2H3. The molecule has 1 atom stereocenters. The van der Waals surface area contributed by atoms with E-state index in [2.05, 4.69) is 139 Å². The Morgan fingerprint density at radius 1 is 0.684 bits per heavy atom. The van der Waals surface area contributed by atoms with Crippen molar-refractivity contribution >= 4 is 38.9 Å². The van der Waals surface area contributed by atoms with Gasteiger partial charge in [0.05, 0.1) is 28.1 Å². The molecule has 1 N–H and O–H groups in total. The summed E-state index contributed by atoms with van der Waals surface area (Å²) < 4.78 is 2.46. The molecule has 0 bridgehead atoms. The van der Waals surface area contributed by atoms with Gasteiger partial charge in [-0.05, 0) is 46.5 Å². The molecule has 8 rings (SSSR count). The van der Waals surface area contributed by atoms with E-state index in [0.29, 0.717) is 0 Å². The van der Waals surface area contributed by atoms with Gasteiger partial charge in [-0.25, -0.2) is 4.99 Å². The van der Waals surface area contributed by atoms with Crippen molar-refractivity contribution in [2.75, 3.05) is 5.32 Å². The number of para-hydroxylation sites is 3. The van der Waals surface area contributed by atoms with Crippen molar-refractivity contribution in [2.24, 2.45) is 4.99 Å². The highest BCUT2D eigenvalue weighted by molar-refractivity contribution is 6.19. The molecule has 0 saturated carbocycles. The molecule has 1 aliphatic heterocycles. The molecule has 1 unspecified atom stereocenters. The number of benzene rings is 5. The summed E-state index contributed by atoms with van der Waals surface area (Å²) in [4.78, 5) is 5.23. The number of nitrogens with zero attached hydrogens (tertiary/aromatic N) is 2. The smallest absolute Gasteiger partial charge is 0.148 e. The lowest BCUT2D eigenvalue weighted by molar-refractivity contribution is 0.660. The molecule has 0 spiro atoms. The highest BCUT2D eigenvalue weighted by Crippen LogP contribution is 2.53. The van der Waals surface area contributed by atoms with Gasteiger partial charge in [0.2, 0.25) is 0 Å². The van der Waals surface area contributed by atoms with Gasteiger partial charge >= 0.3 is 0 Å². The van der Waals surface area contributed by atoms with Crippen molar-refractivity contribution < 1.29 is 0 Å². The summed E-state index contributed by atoms with van der Waals surface area (Å²) in [5.41, 5.74) is 12.1. The zero-order chi connectivity index (χ0) is 25.4. The Kier molecular flexibility index (Phi) is 4.34. The Labute approximate surface area is 222 Å². The summed E-state index contributed by atoms with van der Waals surface area (Å²) >= 11 is 0. The molecule has 3 nitrogen and oxygen atoms in total. The second-order valence-electron chi connectivity index (χ2n) is 10.9. The van der Waals surface area contributed by atoms with Crippen LogP contribution in [0.25, 0.3) is 32.9 Å². The van der Waals surface area contributed by atoms with Gasteiger partial charge in [-0.2, -0.15) is 0 Å². The lowest BCUT2D eigenvalue weighted by atomic mass is 9.82. The molecule has 0 fully saturated rings. The summed E-state index contributed by atoms with van der Waals surface area (Å²) in [6.07, 6.45) is -0.155. The van der Waals surface area contributed by atoms with E-state index in [1.807, 2.05) is 0 Å². The zero-order valence-corrected chi connectivity index (χ0v) is 21.4. The predicted molar refractivity (Wildman–Crippen MR) is 159 cm³/mol. The quantitative estimate of drug-likeness (QED) is 0.259. The summed E-state index contributed by atoms with van der Waals surface area (Å²) in [6.45, 7) is 4.70. The summed E-state index contributed by atoms with van der Waals surface area (Å²) in [6, 6.07) is 41.3. The number of rotatable bonds is 2. The maximum atomic E-state index is 5.23. The molecule has 2 aliphatic rings. The topological polar surface area (TPSA) is 29.3 Å². The molecule has 2 heterocycles. The van der Waals surface area contributed by atoms with Crippen molar-refractivity contribution in [3.63, 3.8) is 0 Å². The molecule has 182 valence electrons. The third-order valence-corrected chi connectivity index (χ3v) is 8.44. The van der Waals surface area contributed by atoms with Crippen LogP contribution in [0, 0.1) is 0 Å². The van der Waals surface area contributed by atoms with Crippen LogP contribution in [0.1, 0.15) is 36.7 Å². The molecule has 0 radical (unpaired) electrons. The zero-order valence-electron chi connectivity index (χ0n) is 21.4. The highest BCUT2D eigenvalue weighted by Gasteiger charge is 2.38. The second-order valence-corrected chi connectivity index (χ2v) is 10.9. The van der Waals surface area contributed by atoms with Crippen molar-refractivity contribution in [1.82, 2.24) is 4.57 Å². The van der Waals surface area contributed by atoms with Gasteiger partial charge in [0.25, 0.3) is 0 Å². The van der Waals surface area contributed by atoms with Crippen molar-refractivity contribution in [3.05, 3.63) is 132 Å². The van der Waals surface area contributed by atoms with Gasteiger partial charge in [-0.15, -0.1) is 0 Å². The van der Waals surface area contributed by atoms with Gasteiger partial charge in [-0.3, -0.25) is 0 Å². The van der Waals surface area contributed by atoms with E-state index >= 15 is 0 Å². The molecule has 5 aromatic carbocycles. The Balaban J connectivity index is 1.47. The lowest BCUT2D eigenvalue weighted by Crippen LogP contribution is -2.30. The third-order valence-electron chi connectivity index (χ3n) is 8.44. The van der Waals surface area contributed by atoms with Crippen LogP contribution in [-0.2, 0) is 5.41 Å². The summed E-state index contributed by atoms with van der Waals surface area (Å²) in [5, 5.41) is 6.47. The van der Waals surface area contributed by atoms with E-state index in [1.54, 1.807) is 0 Å². The van der Waals surface area contributed by atoms with E-state index in [4.69, 9.17) is 4.99 Å². The fourth-order valence-electron chi connectivity index (χ4n) is 6.68. The van der Waals surface area contributed by atoms with E-state index in [0.717, 1.165) is 22.6 Å². The normalized spacial score (nSPS) is 17.0. The fraction of sp³-hybridized carbons (Fsp3) is 0.114. The molecule has 38 heavy (non-hydrogen) atoms. The van der Waals surface area contributed by atoms with Gasteiger partial charge < -0.3 is 9.88 Å². The highest BCUT2D eigenvalue weighted by atomic mass is 15.2. The summed E-state index contributed by atoms with van der Waals surface area (Å²) in [7, 11) is 0. The summed E-state index contributed by atoms with van der Waals surface area (Å²) in [5.74, 6) is 0. The Morgan fingerprint density at radius 3 is 2.32 bits per heavy atom. The van der Waals surface area contributed by atoms with Crippen LogP contribution in [-0.4, -0.2) is 10.3 Å². The van der Waals surface area contributed by atoms with Crippen molar-refractivity contribution in [2.45, 2.75) is 25.4 Å². The SMILES string of the molecule is CC1(C)c2ccccc2-c2c1ccc1c2c2ccccc2n1C1Nc2ccccc2N=C1c1ccccc1. The average molecular weight is 490 g/mol. The predicted octanol–water partition coefficient (Wildman–Crippen LogP) is 8.85. The first kappa shape index (κ1) is 21.5. The van der Waals surface area contributed by atoms with Crippen LogP contribution in [0.15, 0.2) is 120 Å². The van der Waals surface area contributed by atoms with E-state index in [9.17, 15) is 0 Å². The number of aliphatic imine (C=N–C) groups is 1. The van der Waals surface area contributed by atoms with E-state index < -0.39 is 0 Å². The molecular weight excluding hydrogens is 462 g/mol. The second kappa shape index (κ2) is 7.69. The van der Waals surface area contributed by atoms with Gasteiger partial charge in [-0.1, -0.05) is 105 Å². The first-order valence-corrected chi connectivity index (χ1v) is 13.3. The Morgan fingerprint density at radius 2 is 1.42 bits per heavy atom. The molecular formula is C35H27N3. The number of anilines is 1. The van der Waals surface area contributed by atoms with Crippen LogP contribution in [0.4, 0.5) is 11.4 Å². The monoisotopic (exact) mass is 489 g/mol. The van der Waals surface area contributed by atoms with Crippen molar-refractivity contribution in [1.29, 1.82) is 0 Å². The Hall–Kier alpha value is -4.63. The lowest BCUT2D eigenvalue weighted by Gasteiger charge is -2.30. The van der Waals surface area contributed by atoms with Gasteiger partial charge in [0.1, 0.15) is 6.17 Å². The number of nitrogens with one attached hydrogen (secondary N) is 1. The Bertz CT molecular complexity index is 1920. The minimum atomic E-state index is -0.155.